The lowest BCUT2D eigenvalue weighted by atomic mass is 10.1. The molecule has 0 fully saturated rings. The van der Waals surface area contributed by atoms with E-state index in [1.165, 1.54) is 17.6 Å². The van der Waals surface area contributed by atoms with Crippen molar-refractivity contribution in [1.82, 2.24) is 9.38 Å². The van der Waals surface area contributed by atoms with E-state index in [4.69, 9.17) is 9.47 Å². The molecule has 0 saturated carbocycles. The minimum absolute atomic E-state index is 0.0878. The predicted molar refractivity (Wildman–Crippen MR) is 93.0 cm³/mol. The van der Waals surface area contributed by atoms with E-state index in [9.17, 15) is 9.59 Å². The van der Waals surface area contributed by atoms with Gasteiger partial charge in [-0.15, -0.1) is 0 Å². The number of nitrogens with zero attached hydrogens (tertiary/aromatic N) is 2. The summed E-state index contributed by atoms with van der Waals surface area (Å²) >= 11 is 0. The Hall–Kier alpha value is -3.15. The molecule has 0 unspecified atom stereocenters. The normalized spacial score (nSPS) is 10.7. The first-order valence-corrected chi connectivity index (χ1v) is 7.78. The molecule has 6 heteroatoms. The van der Waals surface area contributed by atoms with E-state index < -0.39 is 5.97 Å². The van der Waals surface area contributed by atoms with Crippen molar-refractivity contribution in [3.8, 4) is 5.75 Å². The van der Waals surface area contributed by atoms with Crippen LogP contribution in [0.25, 0.3) is 5.65 Å². The molecule has 2 aromatic heterocycles. The zero-order chi connectivity index (χ0) is 18.0. The topological polar surface area (TPSA) is 69.9 Å². The molecule has 128 valence electrons. The Morgan fingerprint density at radius 1 is 1.12 bits per heavy atom. The Kier molecular flexibility index (Phi) is 4.52. The Bertz CT molecular complexity index is 1010. The van der Waals surface area contributed by atoms with Crippen LogP contribution in [-0.4, -0.2) is 22.5 Å². The van der Waals surface area contributed by atoms with E-state index in [2.05, 4.69) is 4.98 Å². The summed E-state index contributed by atoms with van der Waals surface area (Å²) in [6.07, 6.45) is 1.72. The van der Waals surface area contributed by atoms with Gasteiger partial charge < -0.3 is 9.47 Å². The van der Waals surface area contributed by atoms with Crippen LogP contribution in [0.1, 0.15) is 27.2 Å². The number of methoxy groups -OCH3 is 1. The summed E-state index contributed by atoms with van der Waals surface area (Å²) in [6, 6.07) is 10.3. The fourth-order valence-corrected chi connectivity index (χ4v) is 2.53. The number of ether oxygens (including phenoxy) is 2. The molecule has 0 saturated heterocycles. The van der Waals surface area contributed by atoms with Crippen LogP contribution < -0.4 is 10.3 Å². The second kappa shape index (κ2) is 6.76. The van der Waals surface area contributed by atoms with Crippen LogP contribution in [0.2, 0.25) is 0 Å². The highest BCUT2D eigenvalue weighted by atomic mass is 16.5. The molecule has 0 aliphatic heterocycles. The van der Waals surface area contributed by atoms with Crippen molar-refractivity contribution in [2.45, 2.75) is 20.5 Å². The molecule has 0 radical (unpaired) electrons. The van der Waals surface area contributed by atoms with Crippen LogP contribution in [-0.2, 0) is 11.3 Å². The maximum atomic E-state index is 12.3. The Balaban J connectivity index is 1.83. The second-order valence-corrected chi connectivity index (χ2v) is 5.80. The zero-order valence-corrected chi connectivity index (χ0v) is 14.3. The Morgan fingerprint density at radius 2 is 1.88 bits per heavy atom. The van der Waals surface area contributed by atoms with Crippen LogP contribution >= 0.6 is 0 Å². The number of pyridine rings is 1. The van der Waals surface area contributed by atoms with Crippen LogP contribution in [0.4, 0.5) is 0 Å². The van der Waals surface area contributed by atoms with Gasteiger partial charge in [0.2, 0.25) is 0 Å². The smallest absolute Gasteiger partial charge is 0.342 e. The number of fused-ring (bicyclic) bond motifs is 1. The SMILES string of the molecule is COc1ccc(C)cc1C(=O)OCc1cc(=O)n2cc(C)ccc2n1. The first-order chi connectivity index (χ1) is 12.0. The first kappa shape index (κ1) is 16.7. The van der Waals surface area contributed by atoms with Gasteiger partial charge in [0.25, 0.3) is 5.56 Å². The molecule has 3 rings (SSSR count). The minimum Gasteiger partial charge on any atom is -0.496 e. The van der Waals surface area contributed by atoms with Gasteiger partial charge in [-0.1, -0.05) is 17.7 Å². The van der Waals surface area contributed by atoms with E-state index in [0.717, 1.165) is 11.1 Å². The van der Waals surface area contributed by atoms with Gasteiger partial charge in [0.1, 0.15) is 23.6 Å². The predicted octanol–water partition coefficient (Wildman–Crippen LogP) is 2.68. The highest BCUT2D eigenvalue weighted by molar-refractivity contribution is 5.92. The van der Waals surface area contributed by atoms with Crippen molar-refractivity contribution in [2.24, 2.45) is 0 Å². The summed E-state index contributed by atoms with van der Waals surface area (Å²) in [5.41, 5.74) is 2.92. The summed E-state index contributed by atoms with van der Waals surface area (Å²) in [6.45, 7) is 3.69. The number of hydrogen-bond acceptors (Lipinski definition) is 5. The maximum Gasteiger partial charge on any atom is 0.342 e. The minimum atomic E-state index is -0.522. The van der Waals surface area contributed by atoms with Crippen LogP contribution in [0.15, 0.2) is 47.4 Å². The molecule has 3 aromatic rings. The maximum absolute atomic E-state index is 12.3. The van der Waals surface area contributed by atoms with Crippen molar-refractivity contribution in [3.63, 3.8) is 0 Å². The molecular formula is C19H18N2O4. The highest BCUT2D eigenvalue weighted by Gasteiger charge is 2.15. The molecule has 1 aromatic carbocycles. The van der Waals surface area contributed by atoms with Crippen molar-refractivity contribution in [3.05, 3.63) is 75.3 Å². The van der Waals surface area contributed by atoms with Gasteiger partial charge in [0.15, 0.2) is 0 Å². The summed E-state index contributed by atoms with van der Waals surface area (Å²) in [4.78, 5) is 28.9. The van der Waals surface area contributed by atoms with E-state index in [1.807, 2.05) is 26.0 Å². The Labute approximate surface area is 144 Å². The van der Waals surface area contributed by atoms with Gasteiger partial charge in [-0.2, -0.15) is 0 Å². The van der Waals surface area contributed by atoms with Gasteiger partial charge in [-0.05, 0) is 37.6 Å². The van der Waals surface area contributed by atoms with Crippen molar-refractivity contribution < 1.29 is 14.3 Å². The molecular weight excluding hydrogens is 320 g/mol. The molecule has 0 aliphatic rings. The summed E-state index contributed by atoms with van der Waals surface area (Å²) < 4.78 is 12.0. The van der Waals surface area contributed by atoms with E-state index in [1.54, 1.807) is 24.4 Å². The third-order valence-corrected chi connectivity index (χ3v) is 3.79. The Morgan fingerprint density at radius 3 is 2.64 bits per heavy atom. The number of carbonyl (C=O) groups excluding carboxylic acids is 1. The molecule has 0 N–H and O–H groups in total. The average molecular weight is 338 g/mol. The number of benzene rings is 1. The standard InChI is InChI=1S/C19H18N2O4/c1-12-4-6-16(24-3)15(8-12)19(23)25-11-14-9-18(22)21-10-13(2)5-7-17(21)20-14/h4-10H,11H2,1-3H3. The third-order valence-electron chi connectivity index (χ3n) is 3.79. The van der Waals surface area contributed by atoms with Crippen LogP contribution in [0.3, 0.4) is 0 Å². The molecule has 0 atom stereocenters. The van der Waals surface area contributed by atoms with Crippen molar-refractivity contribution >= 4 is 11.6 Å². The molecule has 2 heterocycles. The molecule has 0 amide bonds. The van der Waals surface area contributed by atoms with Gasteiger partial charge in [-0.3, -0.25) is 9.20 Å². The van der Waals surface area contributed by atoms with Crippen molar-refractivity contribution in [2.75, 3.05) is 7.11 Å². The summed E-state index contributed by atoms with van der Waals surface area (Å²) in [7, 11) is 1.50. The lowest BCUT2D eigenvalue weighted by Crippen LogP contribution is -2.17. The summed E-state index contributed by atoms with van der Waals surface area (Å²) in [5, 5.41) is 0. The van der Waals surface area contributed by atoms with Gasteiger partial charge in [-0.25, -0.2) is 9.78 Å². The summed E-state index contributed by atoms with van der Waals surface area (Å²) in [5.74, 6) is -0.0796. The van der Waals surface area contributed by atoms with Crippen LogP contribution in [0, 0.1) is 13.8 Å². The monoisotopic (exact) mass is 338 g/mol. The molecule has 25 heavy (non-hydrogen) atoms. The lowest BCUT2D eigenvalue weighted by molar-refractivity contribution is 0.0464. The zero-order valence-electron chi connectivity index (χ0n) is 14.3. The van der Waals surface area contributed by atoms with E-state index in [-0.39, 0.29) is 12.2 Å². The first-order valence-electron chi connectivity index (χ1n) is 7.78. The molecule has 6 nitrogen and oxygen atoms in total. The second-order valence-electron chi connectivity index (χ2n) is 5.80. The number of aryl methyl sites for hydroxylation is 2. The third kappa shape index (κ3) is 3.52. The fraction of sp³-hybridized carbons (Fsp3) is 0.211. The fourth-order valence-electron chi connectivity index (χ4n) is 2.53. The number of hydrogen-bond donors (Lipinski definition) is 0. The number of aromatic nitrogens is 2. The van der Waals surface area contributed by atoms with Crippen LogP contribution in [0.5, 0.6) is 5.75 Å². The quantitative estimate of drug-likeness (QED) is 0.684. The average Bonchev–Trinajstić information content (AvgIpc) is 2.60. The van der Waals surface area contributed by atoms with Gasteiger partial charge in [0, 0.05) is 12.3 Å². The van der Waals surface area contributed by atoms with Gasteiger partial charge in [0.05, 0.1) is 12.8 Å². The number of carbonyl (C=O) groups is 1. The number of esters is 1. The molecule has 0 bridgehead atoms. The van der Waals surface area contributed by atoms with Gasteiger partial charge >= 0.3 is 5.97 Å². The van der Waals surface area contributed by atoms with Crippen molar-refractivity contribution in [1.29, 1.82) is 0 Å². The van der Waals surface area contributed by atoms with E-state index >= 15 is 0 Å². The molecule has 0 spiro atoms. The lowest BCUT2D eigenvalue weighted by Gasteiger charge is -2.10. The molecule has 0 aliphatic carbocycles. The number of rotatable bonds is 4. The largest absolute Gasteiger partial charge is 0.496 e. The van der Waals surface area contributed by atoms with E-state index in [0.29, 0.717) is 22.7 Å². The highest BCUT2D eigenvalue weighted by Crippen LogP contribution is 2.21.